The van der Waals surface area contributed by atoms with Crippen molar-refractivity contribution in [1.29, 1.82) is 0 Å². The quantitative estimate of drug-likeness (QED) is 0.286. The zero-order valence-corrected chi connectivity index (χ0v) is 21.0. The Hall–Kier alpha value is -4.46. The van der Waals surface area contributed by atoms with E-state index in [0.29, 0.717) is 46.4 Å². The van der Waals surface area contributed by atoms with E-state index in [0.717, 1.165) is 11.1 Å². The number of aryl methyl sites for hydroxylation is 2. The molecule has 5 rings (SSSR count). The number of nitrogens with zero attached hydrogens (tertiary/aromatic N) is 1. The molecule has 37 heavy (non-hydrogen) atoms. The van der Waals surface area contributed by atoms with Crippen molar-refractivity contribution >= 4 is 23.1 Å². The SMILES string of the molecule is CCOc1cc(C2/C(=C(\O)c3ccc4c(c3)OCO4)C(=O)C(=O)N2c2ccc(C)cc2C)ccc1OC. The minimum atomic E-state index is -0.906. The number of carbonyl (C=O) groups is 2. The summed E-state index contributed by atoms with van der Waals surface area (Å²) in [5.74, 6) is 0.166. The second kappa shape index (κ2) is 9.54. The van der Waals surface area contributed by atoms with E-state index in [1.165, 1.54) is 4.90 Å². The van der Waals surface area contributed by atoms with Crippen LogP contribution in [0.5, 0.6) is 23.0 Å². The summed E-state index contributed by atoms with van der Waals surface area (Å²) in [6.45, 7) is 6.17. The highest BCUT2D eigenvalue weighted by atomic mass is 16.7. The molecule has 3 aromatic carbocycles. The van der Waals surface area contributed by atoms with Crippen molar-refractivity contribution in [3.8, 4) is 23.0 Å². The van der Waals surface area contributed by atoms with Gasteiger partial charge >= 0.3 is 0 Å². The van der Waals surface area contributed by atoms with Crippen LogP contribution in [0, 0.1) is 13.8 Å². The van der Waals surface area contributed by atoms with Crippen LogP contribution < -0.4 is 23.8 Å². The second-order valence-electron chi connectivity index (χ2n) is 8.87. The van der Waals surface area contributed by atoms with E-state index in [4.69, 9.17) is 18.9 Å². The van der Waals surface area contributed by atoms with Gasteiger partial charge in [-0.2, -0.15) is 0 Å². The van der Waals surface area contributed by atoms with Gasteiger partial charge in [0.2, 0.25) is 6.79 Å². The number of rotatable bonds is 6. The summed E-state index contributed by atoms with van der Waals surface area (Å²) in [7, 11) is 1.54. The first kappa shape index (κ1) is 24.2. The molecule has 1 amide bonds. The van der Waals surface area contributed by atoms with Gasteiger partial charge in [-0.1, -0.05) is 23.8 Å². The molecule has 190 valence electrons. The molecule has 0 aliphatic carbocycles. The van der Waals surface area contributed by atoms with E-state index in [2.05, 4.69) is 0 Å². The number of methoxy groups -OCH3 is 1. The molecule has 1 fully saturated rings. The maximum absolute atomic E-state index is 13.5. The second-order valence-corrected chi connectivity index (χ2v) is 8.87. The zero-order valence-electron chi connectivity index (χ0n) is 21.0. The number of hydrogen-bond donors (Lipinski definition) is 1. The monoisotopic (exact) mass is 501 g/mol. The van der Waals surface area contributed by atoms with Gasteiger partial charge in [0, 0.05) is 11.3 Å². The lowest BCUT2D eigenvalue weighted by atomic mass is 9.94. The number of aliphatic hydroxyl groups excluding tert-OH is 1. The smallest absolute Gasteiger partial charge is 0.300 e. The predicted molar refractivity (Wildman–Crippen MR) is 137 cm³/mol. The first-order valence-electron chi connectivity index (χ1n) is 11.9. The summed E-state index contributed by atoms with van der Waals surface area (Å²) < 4.78 is 22.0. The summed E-state index contributed by atoms with van der Waals surface area (Å²) in [4.78, 5) is 28.5. The normalized spacial score (nSPS) is 17.8. The van der Waals surface area contributed by atoms with Crippen molar-refractivity contribution in [2.75, 3.05) is 25.4 Å². The third kappa shape index (κ3) is 4.14. The number of benzene rings is 3. The number of fused-ring (bicyclic) bond motifs is 1. The van der Waals surface area contributed by atoms with Crippen LogP contribution in [-0.2, 0) is 9.59 Å². The Morgan fingerprint density at radius 1 is 1.00 bits per heavy atom. The van der Waals surface area contributed by atoms with E-state index >= 15 is 0 Å². The molecule has 2 aliphatic heterocycles. The van der Waals surface area contributed by atoms with Gasteiger partial charge in [0.05, 0.1) is 25.3 Å². The van der Waals surface area contributed by atoms with Crippen LogP contribution in [0.2, 0.25) is 0 Å². The maximum atomic E-state index is 13.5. The standard InChI is InChI=1S/C29H27NO7/c1-5-35-23-13-18(7-10-21(23)34-4)26-25(27(31)19-8-11-22-24(14-19)37-15-36-22)28(32)29(33)30(26)20-9-6-16(2)12-17(20)3/h6-14,26,31H,5,15H2,1-4H3/b27-25+. The predicted octanol–water partition coefficient (Wildman–Crippen LogP) is 5.07. The van der Waals surface area contributed by atoms with E-state index in [-0.39, 0.29) is 18.1 Å². The number of Topliss-reactive ketones (excluding diaryl/α,β-unsaturated/α-hetero) is 1. The average molecular weight is 502 g/mol. The molecule has 0 saturated carbocycles. The van der Waals surface area contributed by atoms with Gasteiger partial charge in [-0.15, -0.1) is 0 Å². The van der Waals surface area contributed by atoms with Gasteiger partial charge in [-0.25, -0.2) is 0 Å². The van der Waals surface area contributed by atoms with Gasteiger partial charge in [-0.05, 0) is 68.3 Å². The summed E-state index contributed by atoms with van der Waals surface area (Å²) >= 11 is 0. The van der Waals surface area contributed by atoms with Gasteiger partial charge in [0.1, 0.15) is 5.76 Å². The Morgan fingerprint density at radius 2 is 1.78 bits per heavy atom. The highest BCUT2D eigenvalue weighted by molar-refractivity contribution is 6.51. The lowest BCUT2D eigenvalue weighted by Crippen LogP contribution is -2.30. The van der Waals surface area contributed by atoms with Crippen molar-refractivity contribution in [2.45, 2.75) is 26.8 Å². The maximum Gasteiger partial charge on any atom is 0.300 e. The van der Waals surface area contributed by atoms with Crippen molar-refractivity contribution in [3.63, 3.8) is 0 Å². The Labute approximate surface area is 214 Å². The number of ketones is 1. The molecule has 2 heterocycles. The molecular formula is C29H27NO7. The van der Waals surface area contributed by atoms with Crippen LogP contribution in [0.1, 0.15) is 35.2 Å². The summed E-state index contributed by atoms with van der Waals surface area (Å²) in [6, 6.07) is 14.9. The molecule has 0 aromatic heterocycles. The first-order valence-corrected chi connectivity index (χ1v) is 11.9. The van der Waals surface area contributed by atoms with E-state index in [9.17, 15) is 14.7 Å². The van der Waals surface area contributed by atoms with Crippen LogP contribution in [0.4, 0.5) is 5.69 Å². The number of anilines is 1. The molecule has 2 aliphatic rings. The fraction of sp³-hybridized carbons (Fsp3) is 0.241. The Balaban J connectivity index is 1.73. The molecule has 0 spiro atoms. The molecule has 0 bridgehead atoms. The number of amides is 1. The van der Waals surface area contributed by atoms with E-state index in [1.807, 2.05) is 39.0 Å². The van der Waals surface area contributed by atoms with Gasteiger partial charge < -0.3 is 24.1 Å². The van der Waals surface area contributed by atoms with Crippen molar-refractivity contribution in [2.24, 2.45) is 0 Å². The third-order valence-electron chi connectivity index (χ3n) is 6.51. The van der Waals surface area contributed by atoms with Gasteiger partial charge in [-0.3, -0.25) is 14.5 Å². The van der Waals surface area contributed by atoms with E-state index in [1.54, 1.807) is 43.5 Å². The number of aliphatic hydroxyl groups is 1. The molecule has 1 saturated heterocycles. The lowest BCUT2D eigenvalue weighted by molar-refractivity contribution is -0.132. The molecule has 0 radical (unpaired) electrons. The molecule has 8 nitrogen and oxygen atoms in total. The highest BCUT2D eigenvalue weighted by Gasteiger charge is 2.47. The number of ether oxygens (including phenoxy) is 4. The molecule has 1 atom stereocenters. The van der Waals surface area contributed by atoms with E-state index < -0.39 is 17.7 Å². The third-order valence-corrected chi connectivity index (χ3v) is 6.51. The van der Waals surface area contributed by atoms with Crippen molar-refractivity contribution in [1.82, 2.24) is 0 Å². The minimum absolute atomic E-state index is 0.0311. The van der Waals surface area contributed by atoms with Crippen molar-refractivity contribution in [3.05, 3.63) is 82.4 Å². The number of carbonyl (C=O) groups excluding carboxylic acids is 2. The summed E-state index contributed by atoms with van der Waals surface area (Å²) in [5.41, 5.74) is 3.33. The van der Waals surface area contributed by atoms with Crippen LogP contribution >= 0.6 is 0 Å². The lowest BCUT2D eigenvalue weighted by Gasteiger charge is -2.27. The highest BCUT2D eigenvalue weighted by Crippen LogP contribution is 2.45. The van der Waals surface area contributed by atoms with Crippen LogP contribution in [-0.4, -0.2) is 37.3 Å². The fourth-order valence-corrected chi connectivity index (χ4v) is 4.80. The average Bonchev–Trinajstić information content (AvgIpc) is 3.46. The van der Waals surface area contributed by atoms with Crippen molar-refractivity contribution < 1.29 is 33.6 Å². The topological polar surface area (TPSA) is 94.5 Å². The van der Waals surface area contributed by atoms with Gasteiger partial charge in [0.15, 0.2) is 23.0 Å². The molecule has 1 unspecified atom stereocenters. The first-order chi connectivity index (χ1) is 17.8. The molecule has 3 aromatic rings. The van der Waals surface area contributed by atoms with Crippen LogP contribution in [0.25, 0.3) is 5.76 Å². The van der Waals surface area contributed by atoms with Gasteiger partial charge in [0.25, 0.3) is 11.7 Å². The fourth-order valence-electron chi connectivity index (χ4n) is 4.80. The Morgan fingerprint density at radius 3 is 2.51 bits per heavy atom. The number of hydrogen-bond acceptors (Lipinski definition) is 7. The van der Waals surface area contributed by atoms with Crippen LogP contribution in [0.3, 0.4) is 0 Å². The molecule has 1 N–H and O–H groups in total. The molecule has 8 heteroatoms. The largest absolute Gasteiger partial charge is 0.507 e. The molecular weight excluding hydrogens is 474 g/mol. The Bertz CT molecular complexity index is 1440. The minimum Gasteiger partial charge on any atom is -0.507 e. The summed E-state index contributed by atoms with van der Waals surface area (Å²) in [6.07, 6.45) is 0. The Kier molecular flexibility index (Phi) is 6.25. The summed E-state index contributed by atoms with van der Waals surface area (Å²) in [5, 5.41) is 11.5. The zero-order chi connectivity index (χ0) is 26.3. The van der Waals surface area contributed by atoms with Crippen LogP contribution in [0.15, 0.2) is 60.2 Å².